The van der Waals surface area contributed by atoms with Crippen LogP contribution >= 0.6 is 12.4 Å². The van der Waals surface area contributed by atoms with Crippen LogP contribution in [0.4, 0.5) is 0 Å². The molecule has 20 heavy (non-hydrogen) atoms. The van der Waals surface area contributed by atoms with Crippen LogP contribution < -0.4 is 0 Å². The number of halogens is 1. The Morgan fingerprint density at radius 2 is 2.00 bits per heavy atom. The molecule has 2 nitrogen and oxygen atoms in total. The molecule has 0 heterocycles. The van der Waals surface area contributed by atoms with Crippen LogP contribution in [-0.4, -0.2) is 24.3 Å². The van der Waals surface area contributed by atoms with Crippen LogP contribution in [0.3, 0.4) is 0 Å². The second-order valence-electron chi connectivity index (χ2n) is 5.62. The van der Waals surface area contributed by atoms with Gasteiger partial charge < -0.3 is 4.90 Å². The van der Waals surface area contributed by atoms with Crippen molar-refractivity contribution in [2.45, 2.75) is 25.8 Å². The molecule has 1 aromatic rings. The van der Waals surface area contributed by atoms with Crippen molar-refractivity contribution in [2.24, 2.45) is 11.8 Å². The first-order valence-corrected chi connectivity index (χ1v) is 7.06. The fourth-order valence-corrected chi connectivity index (χ4v) is 2.83. The molecule has 1 aromatic carbocycles. The van der Waals surface area contributed by atoms with Gasteiger partial charge in [-0.25, -0.2) is 0 Å². The van der Waals surface area contributed by atoms with Crippen LogP contribution in [0, 0.1) is 11.8 Å². The van der Waals surface area contributed by atoms with E-state index in [-0.39, 0.29) is 18.3 Å². The van der Waals surface area contributed by atoms with Gasteiger partial charge >= 0.3 is 0 Å². The molecule has 2 unspecified atom stereocenters. The van der Waals surface area contributed by atoms with Gasteiger partial charge in [-0.2, -0.15) is 0 Å². The Morgan fingerprint density at radius 3 is 2.60 bits per heavy atom. The highest BCUT2D eigenvalue weighted by Gasteiger charge is 2.27. The molecule has 110 valence electrons. The molecule has 1 saturated carbocycles. The maximum Gasteiger partial charge on any atom is 0.137 e. The van der Waals surface area contributed by atoms with Crippen molar-refractivity contribution in [2.75, 3.05) is 13.6 Å². The maximum absolute atomic E-state index is 12.1. The van der Waals surface area contributed by atoms with Crippen LogP contribution in [0.2, 0.25) is 0 Å². The minimum absolute atomic E-state index is 0. The van der Waals surface area contributed by atoms with Gasteiger partial charge in [-0.15, -0.1) is 19.0 Å². The number of nitrogens with zero attached hydrogens (tertiary/aromatic N) is 1. The molecule has 1 aliphatic carbocycles. The predicted octanol–water partition coefficient (Wildman–Crippen LogP) is 3.71. The number of allylic oxidation sites excluding steroid dienone is 1. The number of carbonyl (C=O) groups is 1. The summed E-state index contributed by atoms with van der Waals surface area (Å²) in [5.41, 5.74) is 1.30. The van der Waals surface area contributed by atoms with E-state index >= 15 is 0 Å². The number of ketones is 1. The first-order valence-electron chi connectivity index (χ1n) is 7.06. The van der Waals surface area contributed by atoms with E-state index in [4.69, 9.17) is 0 Å². The first-order chi connectivity index (χ1) is 9.19. The van der Waals surface area contributed by atoms with E-state index in [2.05, 4.69) is 42.8 Å². The lowest BCUT2D eigenvalue weighted by molar-refractivity contribution is -0.126. The highest BCUT2D eigenvalue weighted by molar-refractivity contribution is 5.85. The smallest absolute Gasteiger partial charge is 0.137 e. The summed E-state index contributed by atoms with van der Waals surface area (Å²) in [4.78, 5) is 14.3. The molecule has 2 atom stereocenters. The molecule has 0 aromatic heterocycles. The van der Waals surface area contributed by atoms with E-state index in [0.29, 0.717) is 18.1 Å². The van der Waals surface area contributed by atoms with E-state index in [1.54, 1.807) is 0 Å². The van der Waals surface area contributed by atoms with Gasteiger partial charge in [0.15, 0.2) is 0 Å². The number of Topliss-reactive ketones (excluding diaryl/α,β-unsaturated/α-hetero) is 1. The average molecular weight is 294 g/mol. The minimum Gasteiger partial charge on any atom is -0.301 e. The zero-order chi connectivity index (χ0) is 13.7. The molecule has 0 N–H and O–H groups in total. The second-order valence-corrected chi connectivity index (χ2v) is 5.62. The van der Waals surface area contributed by atoms with Crippen LogP contribution in [0.15, 0.2) is 43.0 Å². The first kappa shape index (κ1) is 16.9. The van der Waals surface area contributed by atoms with Gasteiger partial charge in [-0.05, 0) is 31.4 Å². The number of hydrogen-bond donors (Lipinski definition) is 0. The molecule has 3 heteroatoms. The Hall–Kier alpha value is -1.12. The van der Waals surface area contributed by atoms with Gasteiger partial charge in [0.2, 0.25) is 0 Å². The van der Waals surface area contributed by atoms with Gasteiger partial charge in [-0.1, -0.05) is 36.4 Å². The molecule has 1 aliphatic rings. The zero-order valence-corrected chi connectivity index (χ0v) is 12.9. The monoisotopic (exact) mass is 293 g/mol. The summed E-state index contributed by atoms with van der Waals surface area (Å²) >= 11 is 0. The van der Waals surface area contributed by atoms with Crippen molar-refractivity contribution in [3.05, 3.63) is 48.6 Å². The maximum atomic E-state index is 12.1. The summed E-state index contributed by atoms with van der Waals surface area (Å²) in [6.07, 6.45) is 4.74. The number of benzene rings is 1. The number of hydrogen-bond acceptors (Lipinski definition) is 2. The predicted molar refractivity (Wildman–Crippen MR) is 86.1 cm³/mol. The summed E-state index contributed by atoms with van der Waals surface area (Å²) < 4.78 is 0. The third kappa shape index (κ3) is 4.77. The van der Waals surface area contributed by atoms with Gasteiger partial charge in [0, 0.05) is 25.4 Å². The van der Waals surface area contributed by atoms with Crippen molar-refractivity contribution < 1.29 is 4.79 Å². The van der Waals surface area contributed by atoms with E-state index in [1.807, 2.05) is 12.1 Å². The molecule has 0 bridgehead atoms. The molecular formula is C17H24ClNO. The van der Waals surface area contributed by atoms with Gasteiger partial charge in [0.1, 0.15) is 5.78 Å². The van der Waals surface area contributed by atoms with Crippen molar-refractivity contribution in [3.8, 4) is 0 Å². The quantitative estimate of drug-likeness (QED) is 0.771. The average Bonchev–Trinajstić information content (AvgIpc) is 2.42. The Balaban J connectivity index is 0.00000200. The zero-order valence-electron chi connectivity index (χ0n) is 12.1. The van der Waals surface area contributed by atoms with Gasteiger partial charge in [-0.3, -0.25) is 4.79 Å². The van der Waals surface area contributed by atoms with Gasteiger partial charge in [0.05, 0.1) is 0 Å². The summed E-state index contributed by atoms with van der Waals surface area (Å²) in [5.74, 6) is 1.03. The van der Waals surface area contributed by atoms with E-state index in [0.717, 1.165) is 25.9 Å². The topological polar surface area (TPSA) is 20.3 Å². The van der Waals surface area contributed by atoms with Crippen LogP contribution in [0.1, 0.15) is 24.8 Å². The standard InChI is InChI=1S/C17H23NO.ClH/c1-3-14-9-10-16(17(19)11-14)13-18(2)12-15-7-5-4-6-8-15;/h3-8,14,16H,1,9-13H2,2H3;1H. The third-order valence-electron chi connectivity index (χ3n) is 3.97. The highest BCUT2D eigenvalue weighted by Crippen LogP contribution is 2.27. The molecule has 0 saturated heterocycles. The molecular weight excluding hydrogens is 270 g/mol. The number of carbonyl (C=O) groups excluding carboxylic acids is 1. The minimum atomic E-state index is 0. The normalized spacial score (nSPS) is 22.4. The second kappa shape index (κ2) is 8.23. The van der Waals surface area contributed by atoms with Crippen molar-refractivity contribution in [1.29, 1.82) is 0 Å². The largest absolute Gasteiger partial charge is 0.301 e. The van der Waals surface area contributed by atoms with E-state index in [1.165, 1.54) is 5.56 Å². The fourth-order valence-electron chi connectivity index (χ4n) is 2.83. The Kier molecular flexibility index (Phi) is 6.97. The van der Waals surface area contributed by atoms with E-state index in [9.17, 15) is 4.79 Å². The number of rotatable bonds is 5. The molecule has 0 spiro atoms. The van der Waals surface area contributed by atoms with Crippen molar-refractivity contribution in [3.63, 3.8) is 0 Å². The van der Waals surface area contributed by atoms with E-state index < -0.39 is 0 Å². The van der Waals surface area contributed by atoms with Crippen LogP contribution in [0.5, 0.6) is 0 Å². The fraction of sp³-hybridized carbons (Fsp3) is 0.471. The Morgan fingerprint density at radius 1 is 1.30 bits per heavy atom. The Bertz CT molecular complexity index is 432. The lowest BCUT2D eigenvalue weighted by atomic mass is 9.81. The SMILES string of the molecule is C=CC1CCC(CN(C)Cc2ccccc2)C(=O)C1.Cl. The molecule has 2 rings (SSSR count). The van der Waals surface area contributed by atoms with Crippen molar-refractivity contribution >= 4 is 18.2 Å². The Labute approximate surface area is 128 Å². The van der Waals surface area contributed by atoms with Crippen LogP contribution in [-0.2, 0) is 11.3 Å². The molecule has 0 radical (unpaired) electrons. The molecule has 0 amide bonds. The lowest BCUT2D eigenvalue weighted by Gasteiger charge is -2.29. The van der Waals surface area contributed by atoms with Crippen molar-refractivity contribution in [1.82, 2.24) is 4.90 Å². The summed E-state index contributed by atoms with van der Waals surface area (Å²) in [6, 6.07) is 10.4. The summed E-state index contributed by atoms with van der Waals surface area (Å²) in [6.45, 7) is 5.58. The summed E-state index contributed by atoms with van der Waals surface area (Å²) in [7, 11) is 2.10. The van der Waals surface area contributed by atoms with Gasteiger partial charge in [0.25, 0.3) is 0 Å². The molecule has 1 fully saturated rings. The lowest BCUT2D eigenvalue weighted by Crippen LogP contribution is -2.34. The summed E-state index contributed by atoms with van der Waals surface area (Å²) in [5, 5.41) is 0. The van der Waals surface area contributed by atoms with Crippen LogP contribution in [0.25, 0.3) is 0 Å². The molecule has 0 aliphatic heterocycles. The highest BCUT2D eigenvalue weighted by atomic mass is 35.5. The third-order valence-corrected chi connectivity index (χ3v) is 3.97.